The maximum atomic E-state index is 11.1. The van der Waals surface area contributed by atoms with Crippen molar-refractivity contribution in [3.8, 4) is 0 Å². The summed E-state index contributed by atoms with van der Waals surface area (Å²) in [5, 5.41) is 2.80. The van der Waals surface area contributed by atoms with Crippen LogP contribution in [-0.2, 0) is 11.3 Å². The van der Waals surface area contributed by atoms with Crippen molar-refractivity contribution in [2.45, 2.75) is 20.4 Å². The third-order valence-electron chi connectivity index (χ3n) is 1.87. The largest absolute Gasteiger partial charge is 0.348 e. The first-order valence-corrected chi connectivity index (χ1v) is 4.68. The van der Waals surface area contributed by atoms with Crippen LogP contribution in [0.5, 0.6) is 0 Å². The van der Waals surface area contributed by atoms with Gasteiger partial charge in [-0.2, -0.15) is 0 Å². The second-order valence-corrected chi connectivity index (χ2v) is 3.21. The summed E-state index contributed by atoms with van der Waals surface area (Å²) in [5.41, 5.74) is 2.34. The molecular formula is C12H15NO. The van der Waals surface area contributed by atoms with E-state index in [-0.39, 0.29) is 5.91 Å². The van der Waals surface area contributed by atoms with Gasteiger partial charge in [-0.1, -0.05) is 35.9 Å². The summed E-state index contributed by atoms with van der Waals surface area (Å²) in [4.78, 5) is 11.1. The van der Waals surface area contributed by atoms with Crippen molar-refractivity contribution < 1.29 is 4.79 Å². The first kappa shape index (κ1) is 10.5. The molecule has 1 N–H and O–H groups in total. The molecule has 1 aromatic carbocycles. The van der Waals surface area contributed by atoms with Crippen LogP contribution < -0.4 is 5.32 Å². The minimum absolute atomic E-state index is 0.0472. The lowest BCUT2D eigenvalue weighted by Gasteiger charge is -2.03. The van der Waals surface area contributed by atoms with Crippen LogP contribution in [0.15, 0.2) is 36.4 Å². The van der Waals surface area contributed by atoms with Gasteiger partial charge in [-0.3, -0.25) is 4.79 Å². The predicted molar refractivity (Wildman–Crippen MR) is 57.8 cm³/mol. The highest BCUT2D eigenvalue weighted by molar-refractivity contribution is 5.87. The molecule has 0 spiro atoms. The molecule has 1 amide bonds. The van der Waals surface area contributed by atoms with E-state index in [1.54, 1.807) is 6.08 Å². The lowest BCUT2D eigenvalue weighted by Crippen LogP contribution is -2.20. The van der Waals surface area contributed by atoms with Gasteiger partial charge >= 0.3 is 0 Å². The van der Waals surface area contributed by atoms with Crippen LogP contribution in [0.25, 0.3) is 0 Å². The standard InChI is InChI=1S/C12H15NO/c1-3-5-12(14)13-9-11-7-4-6-10(2)8-11/h3-8H,9H2,1-2H3,(H,13,14)/b5-3+. The average molecular weight is 189 g/mol. The Labute approximate surface area is 84.6 Å². The number of nitrogens with one attached hydrogen (secondary N) is 1. The van der Waals surface area contributed by atoms with Gasteiger partial charge in [0.05, 0.1) is 0 Å². The Morgan fingerprint density at radius 1 is 1.50 bits per heavy atom. The highest BCUT2D eigenvalue weighted by Crippen LogP contribution is 2.02. The van der Waals surface area contributed by atoms with Crippen LogP contribution in [0, 0.1) is 6.92 Å². The van der Waals surface area contributed by atoms with E-state index in [0.29, 0.717) is 6.54 Å². The van der Waals surface area contributed by atoms with E-state index >= 15 is 0 Å². The Balaban J connectivity index is 2.49. The first-order chi connectivity index (χ1) is 6.72. The van der Waals surface area contributed by atoms with Gasteiger partial charge in [0.25, 0.3) is 0 Å². The molecule has 0 saturated heterocycles. The van der Waals surface area contributed by atoms with Crippen molar-refractivity contribution in [3.05, 3.63) is 47.5 Å². The molecular weight excluding hydrogens is 174 g/mol. The van der Waals surface area contributed by atoms with Gasteiger partial charge in [0, 0.05) is 6.54 Å². The van der Waals surface area contributed by atoms with E-state index in [1.807, 2.05) is 32.0 Å². The Bertz CT molecular complexity index is 342. The number of carbonyl (C=O) groups excluding carboxylic acids is 1. The van der Waals surface area contributed by atoms with Gasteiger partial charge < -0.3 is 5.32 Å². The number of amides is 1. The molecule has 0 aliphatic rings. The van der Waals surface area contributed by atoms with Crippen LogP contribution in [0.2, 0.25) is 0 Å². The number of aryl methyl sites for hydroxylation is 1. The van der Waals surface area contributed by atoms with Crippen LogP contribution >= 0.6 is 0 Å². The minimum Gasteiger partial charge on any atom is -0.348 e. The SMILES string of the molecule is C/C=C/C(=O)NCc1cccc(C)c1. The van der Waals surface area contributed by atoms with Gasteiger partial charge in [0.2, 0.25) is 5.91 Å². The van der Waals surface area contributed by atoms with E-state index < -0.39 is 0 Å². The fraction of sp³-hybridized carbons (Fsp3) is 0.250. The quantitative estimate of drug-likeness (QED) is 0.725. The van der Waals surface area contributed by atoms with E-state index in [1.165, 1.54) is 11.6 Å². The highest BCUT2D eigenvalue weighted by atomic mass is 16.1. The lowest BCUT2D eigenvalue weighted by molar-refractivity contribution is -0.116. The van der Waals surface area contributed by atoms with E-state index in [2.05, 4.69) is 11.4 Å². The van der Waals surface area contributed by atoms with Gasteiger partial charge in [-0.15, -0.1) is 0 Å². The zero-order chi connectivity index (χ0) is 10.4. The van der Waals surface area contributed by atoms with E-state index in [0.717, 1.165) is 5.56 Å². The Hall–Kier alpha value is -1.57. The molecule has 74 valence electrons. The van der Waals surface area contributed by atoms with Crippen LogP contribution in [0.4, 0.5) is 0 Å². The fourth-order valence-corrected chi connectivity index (χ4v) is 1.22. The minimum atomic E-state index is -0.0472. The molecule has 0 aromatic heterocycles. The summed E-state index contributed by atoms with van der Waals surface area (Å²) in [6.45, 7) is 4.45. The Morgan fingerprint density at radius 3 is 2.93 bits per heavy atom. The Morgan fingerprint density at radius 2 is 2.29 bits per heavy atom. The molecule has 0 saturated carbocycles. The molecule has 0 aliphatic carbocycles. The molecule has 2 heteroatoms. The molecule has 0 bridgehead atoms. The molecule has 0 fully saturated rings. The number of benzene rings is 1. The molecule has 1 rings (SSSR count). The van der Waals surface area contributed by atoms with Crippen LogP contribution in [-0.4, -0.2) is 5.91 Å². The summed E-state index contributed by atoms with van der Waals surface area (Å²) in [6, 6.07) is 8.10. The van der Waals surface area contributed by atoms with Gasteiger partial charge in [-0.05, 0) is 25.5 Å². The van der Waals surface area contributed by atoms with Gasteiger partial charge in [-0.25, -0.2) is 0 Å². The summed E-state index contributed by atoms with van der Waals surface area (Å²) in [7, 11) is 0. The van der Waals surface area contributed by atoms with Crippen molar-refractivity contribution >= 4 is 5.91 Å². The molecule has 0 radical (unpaired) electrons. The molecule has 2 nitrogen and oxygen atoms in total. The summed E-state index contributed by atoms with van der Waals surface area (Å²) in [5.74, 6) is -0.0472. The lowest BCUT2D eigenvalue weighted by atomic mass is 10.1. The third kappa shape index (κ3) is 3.44. The van der Waals surface area contributed by atoms with Gasteiger partial charge in [0.1, 0.15) is 0 Å². The van der Waals surface area contributed by atoms with E-state index in [9.17, 15) is 4.79 Å². The maximum absolute atomic E-state index is 11.1. The second-order valence-electron chi connectivity index (χ2n) is 3.21. The van der Waals surface area contributed by atoms with Crippen molar-refractivity contribution in [2.75, 3.05) is 0 Å². The molecule has 0 atom stereocenters. The highest BCUT2D eigenvalue weighted by Gasteiger charge is 1.95. The monoisotopic (exact) mass is 189 g/mol. The van der Waals surface area contributed by atoms with Crippen molar-refractivity contribution in [2.24, 2.45) is 0 Å². The van der Waals surface area contributed by atoms with Gasteiger partial charge in [0.15, 0.2) is 0 Å². The third-order valence-corrected chi connectivity index (χ3v) is 1.87. The number of carbonyl (C=O) groups is 1. The summed E-state index contributed by atoms with van der Waals surface area (Å²) in [6.07, 6.45) is 3.25. The fourth-order valence-electron chi connectivity index (χ4n) is 1.22. The van der Waals surface area contributed by atoms with E-state index in [4.69, 9.17) is 0 Å². The van der Waals surface area contributed by atoms with Crippen LogP contribution in [0.1, 0.15) is 18.1 Å². The van der Waals surface area contributed by atoms with Crippen molar-refractivity contribution in [1.29, 1.82) is 0 Å². The summed E-state index contributed by atoms with van der Waals surface area (Å²) >= 11 is 0. The zero-order valence-electron chi connectivity index (χ0n) is 8.58. The first-order valence-electron chi connectivity index (χ1n) is 4.68. The average Bonchev–Trinajstić information content (AvgIpc) is 2.15. The zero-order valence-corrected chi connectivity index (χ0v) is 8.58. The smallest absolute Gasteiger partial charge is 0.243 e. The number of rotatable bonds is 3. The van der Waals surface area contributed by atoms with Crippen molar-refractivity contribution in [1.82, 2.24) is 5.32 Å². The molecule has 1 aromatic rings. The Kier molecular flexibility index (Phi) is 3.92. The maximum Gasteiger partial charge on any atom is 0.243 e. The number of hydrogen-bond acceptors (Lipinski definition) is 1. The molecule has 0 heterocycles. The molecule has 14 heavy (non-hydrogen) atoms. The summed E-state index contributed by atoms with van der Waals surface area (Å²) < 4.78 is 0. The molecule has 0 unspecified atom stereocenters. The number of allylic oxidation sites excluding steroid dienone is 1. The number of hydrogen-bond donors (Lipinski definition) is 1. The molecule has 0 aliphatic heterocycles. The van der Waals surface area contributed by atoms with Crippen LogP contribution in [0.3, 0.4) is 0 Å². The normalized spacial score (nSPS) is 10.4. The second kappa shape index (κ2) is 5.22. The topological polar surface area (TPSA) is 29.1 Å². The predicted octanol–water partition coefficient (Wildman–Crippen LogP) is 2.19. The van der Waals surface area contributed by atoms with Crippen molar-refractivity contribution in [3.63, 3.8) is 0 Å².